The average molecular weight is 549 g/mol. The fraction of sp³-hybridized carbons (Fsp3) is 0.920. The Hall–Kier alpha value is -0.590. The van der Waals surface area contributed by atoms with Gasteiger partial charge in [-0.25, -0.2) is 4.57 Å². The Morgan fingerprint density at radius 1 is 0.919 bits per heavy atom. The molecule has 37 heavy (non-hydrogen) atoms. The first-order valence-electron chi connectivity index (χ1n) is 13.8. The van der Waals surface area contributed by atoms with Gasteiger partial charge in [0, 0.05) is 5.41 Å². The first-order valence-corrected chi connectivity index (χ1v) is 15.4. The van der Waals surface area contributed by atoms with E-state index in [9.17, 15) is 25.0 Å². The number of rotatable bonds is 4. The third-order valence-corrected chi connectivity index (χ3v) is 9.82. The molecular weight excluding hydrogens is 503 g/mol. The fourth-order valence-corrected chi connectivity index (χ4v) is 7.45. The summed E-state index contributed by atoms with van der Waals surface area (Å²) in [5.74, 6) is -0.222. The lowest BCUT2D eigenvalue weighted by atomic mass is 9.56. The van der Waals surface area contributed by atoms with E-state index in [4.69, 9.17) is 14.5 Å². The normalized spacial score (nSPS) is 44.3. The molecule has 12 heteroatoms. The number of hydrogen-bond acceptors (Lipinski definition) is 9. The van der Waals surface area contributed by atoms with Crippen molar-refractivity contribution in [3.63, 3.8) is 0 Å². The number of phosphoric ester groups is 1. The first-order chi connectivity index (χ1) is 17.5. The number of nitrogens with zero attached hydrogens (tertiary/aromatic N) is 1. The summed E-state index contributed by atoms with van der Waals surface area (Å²) in [6, 6.07) is 0. The molecule has 9 unspecified atom stereocenters. The largest absolute Gasteiger partial charge is 0.469 e. The summed E-state index contributed by atoms with van der Waals surface area (Å²) in [6.45, 7) is 1.44. The quantitative estimate of drug-likeness (QED) is 0.255. The maximum Gasteiger partial charge on any atom is 0.469 e. The molecule has 7 N–H and O–H groups in total. The Morgan fingerprint density at radius 2 is 1.49 bits per heavy atom. The van der Waals surface area contributed by atoms with Crippen LogP contribution in [-0.4, -0.2) is 84.3 Å². The van der Waals surface area contributed by atoms with Crippen molar-refractivity contribution >= 4 is 7.82 Å². The molecule has 0 radical (unpaired) electrons. The summed E-state index contributed by atoms with van der Waals surface area (Å²) in [7, 11) is -4.79. The number of aliphatic hydroxyl groups excluding tert-OH is 4. The van der Waals surface area contributed by atoms with Crippen molar-refractivity contribution in [3.8, 4) is 0 Å². The number of nitrogens with one attached hydrogen (secondary N) is 1. The molecule has 9 atom stereocenters. The van der Waals surface area contributed by atoms with Crippen molar-refractivity contribution in [1.82, 2.24) is 10.2 Å². The molecule has 3 heterocycles. The number of piperidine rings is 1. The van der Waals surface area contributed by atoms with Gasteiger partial charge in [0.2, 0.25) is 0 Å². The number of hydrogen-bond donors (Lipinski definition) is 7. The molecule has 1 saturated carbocycles. The zero-order valence-electron chi connectivity index (χ0n) is 21.7. The predicted octanol–water partition coefficient (Wildman–Crippen LogP) is 1.67. The molecule has 4 rings (SSSR count). The molecule has 3 fully saturated rings. The summed E-state index contributed by atoms with van der Waals surface area (Å²) in [4.78, 5) is 19.9. The van der Waals surface area contributed by atoms with Crippen LogP contribution in [0, 0.1) is 11.3 Å². The molecule has 214 valence electrons. The van der Waals surface area contributed by atoms with Crippen LogP contribution in [0.25, 0.3) is 0 Å². The van der Waals surface area contributed by atoms with Crippen LogP contribution in [0.5, 0.6) is 0 Å². The van der Waals surface area contributed by atoms with Gasteiger partial charge in [0.15, 0.2) is 6.23 Å². The van der Waals surface area contributed by atoms with Crippen LogP contribution in [0.3, 0.4) is 0 Å². The van der Waals surface area contributed by atoms with E-state index in [-0.39, 0.29) is 5.92 Å². The fourth-order valence-electron chi connectivity index (χ4n) is 7.11. The van der Waals surface area contributed by atoms with Crippen LogP contribution in [0.4, 0.5) is 0 Å². The molecule has 0 aromatic carbocycles. The molecule has 4 aliphatic rings. The lowest BCUT2D eigenvalue weighted by Gasteiger charge is -2.64. The van der Waals surface area contributed by atoms with Gasteiger partial charge < -0.3 is 39.8 Å². The van der Waals surface area contributed by atoms with E-state index in [1.807, 2.05) is 13.0 Å². The monoisotopic (exact) mass is 548 g/mol. The Labute approximate surface area is 219 Å². The van der Waals surface area contributed by atoms with Gasteiger partial charge in [-0.3, -0.25) is 9.84 Å². The zero-order valence-corrected chi connectivity index (χ0v) is 22.6. The summed E-state index contributed by atoms with van der Waals surface area (Å²) >= 11 is 0. The summed E-state index contributed by atoms with van der Waals surface area (Å²) in [5, 5.41) is 47.3. The van der Waals surface area contributed by atoms with Crippen LogP contribution in [0.15, 0.2) is 12.3 Å². The van der Waals surface area contributed by atoms with Gasteiger partial charge in [-0.15, -0.1) is 0 Å². The van der Waals surface area contributed by atoms with Crippen LogP contribution < -0.4 is 5.32 Å². The molecule has 11 nitrogen and oxygen atoms in total. The van der Waals surface area contributed by atoms with E-state index >= 15 is 0 Å². The van der Waals surface area contributed by atoms with Crippen molar-refractivity contribution in [1.29, 1.82) is 0 Å². The van der Waals surface area contributed by atoms with E-state index in [2.05, 4.69) is 9.84 Å². The Kier molecular flexibility index (Phi) is 9.44. The highest BCUT2D eigenvalue weighted by molar-refractivity contribution is 7.46. The Morgan fingerprint density at radius 3 is 2.08 bits per heavy atom. The molecular formula is C25H45N2O9P. The van der Waals surface area contributed by atoms with Crippen LogP contribution in [-0.2, 0) is 13.8 Å². The van der Waals surface area contributed by atoms with Gasteiger partial charge in [0.25, 0.3) is 0 Å². The summed E-state index contributed by atoms with van der Waals surface area (Å²) in [6.07, 6.45) is 8.85. The van der Waals surface area contributed by atoms with Crippen LogP contribution in [0.2, 0.25) is 0 Å². The summed E-state index contributed by atoms with van der Waals surface area (Å²) in [5.41, 5.74) is -1.57. The molecule has 3 aliphatic heterocycles. The van der Waals surface area contributed by atoms with Gasteiger partial charge in [-0.1, -0.05) is 77.2 Å². The topological polar surface area (TPSA) is 172 Å². The van der Waals surface area contributed by atoms with Gasteiger partial charge >= 0.3 is 7.82 Å². The molecule has 0 aromatic heterocycles. The number of ether oxygens (including phenoxy) is 1. The second-order valence-electron chi connectivity index (χ2n) is 11.4. The van der Waals surface area contributed by atoms with Crippen molar-refractivity contribution in [2.45, 2.75) is 127 Å². The molecule has 0 aromatic rings. The lowest BCUT2D eigenvalue weighted by molar-refractivity contribution is -0.234. The molecule has 2 bridgehead atoms. The van der Waals surface area contributed by atoms with Gasteiger partial charge in [-0.2, -0.15) is 0 Å². The highest BCUT2D eigenvalue weighted by atomic mass is 31.2. The first kappa shape index (κ1) is 29.4. The third-order valence-electron chi connectivity index (χ3n) is 9.34. The van der Waals surface area contributed by atoms with Crippen LogP contribution >= 0.6 is 7.82 Å². The van der Waals surface area contributed by atoms with E-state index in [1.54, 1.807) is 11.1 Å². The minimum atomic E-state index is -4.79. The Bertz CT molecular complexity index is 843. The number of phosphoric acid groups is 1. The molecule has 0 spiro atoms. The minimum absolute atomic E-state index is 0.222. The molecule has 0 amide bonds. The van der Waals surface area contributed by atoms with Crippen molar-refractivity contribution in [3.05, 3.63) is 12.3 Å². The predicted molar refractivity (Wildman–Crippen MR) is 135 cm³/mol. The third kappa shape index (κ3) is 5.82. The van der Waals surface area contributed by atoms with Crippen molar-refractivity contribution < 1.29 is 44.0 Å². The van der Waals surface area contributed by atoms with Crippen LogP contribution in [0.1, 0.15) is 84.0 Å². The number of aliphatic hydroxyl groups is 4. The molecule has 1 aliphatic carbocycles. The van der Waals surface area contributed by atoms with Crippen molar-refractivity contribution in [2.75, 3.05) is 6.61 Å². The smallest absolute Gasteiger partial charge is 0.387 e. The van der Waals surface area contributed by atoms with E-state index in [0.717, 1.165) is 44.9 Å². The maximum absolute atomic E-state index is 11.5. The summed E-state index contributed by atoms with van der Waals surface area (Å²) < 4.78 is 21.7. The standard InChI is InChI=1S/C25H45N2O9P/c1-17-24-12-10-8-6-4-2-3-5-7-9-11-13-25(17,23(31)26-22(24)30)27(15-14-24)21-20(29)19(28)18(36-21)16-35-37(32,33)34/h14-15,17-23,26,28-31H,2-13,16H2,1H3,(H2,32,33,34). The Balaban J connectivity index is 1.66. The second-order valence-corrected chi connectivity index (χ2v) is 12.6. The van der Waals surface area contributed by atoms with E-state index in [0.29, 0.717) is 6.42 Å². The van der Waals surface area contributed by atoms with Gasteiger partial charge in [-0.05, 0) is 25.0 Å². The average Bonchev–Trinajstić information content (AvgIpc) is 3.11. The highest BCUT2D eigenvalue weighted by Gasteiger charge is 2.65. The second kappa shape index (κ2) is 11.9. The maximum atomic E-state index is 11.5. The van der Waals surface area contributed by atoms with Crippen molar-refractivity contribution in [2.24, 2.45) is 11.3 Å². The minimum Gasteiger partial charge on any atom is -0.387 e. The van der Waals surface area contributed by atoms with E-state index in [1.165, 1.54) is 25.7 Å². The SMILES string of the molecule is CC1C23C=CN(C4OC(COP(=O)(O)O)C(O)C4O)C1(CCCCCCCCCCCC2)C(O)NC3O. The zero-order chi connectivity index (χ0) is 26.8. The lowest BCUT2D eigenvalue weighted by Crippen LogP contribution is -2.78. The van der Waals surface area contributed by atoms with Gasteiger partial charge in [0.05, 0.1) is 12.1 Å². The highest BCUT2D eigenvalue weighted by Crippen LogP contribution is 2.56. The van der Waals surface area contributed by atoms with E-state index < -0.39 is 62.4 Å². The molecule has 2 saturated heterocycles. The van der Waals surface area contributed by atoms with Gasteiger partial charge in [0.1, 0.15) is 30.8 Å².